The van der Waals surface area contributed by atoms with Crippen LogP contribution < -0.4 is 0 Å². The molecule has 1 aliphatic heterocycles. The van der Waals surface area contributed by atoms with Crippen molar-refractivity contribution in [1.29, 1.82) is 0 Å². The van der Waals surface area contributed by atoms with Crippen molar-refractivity contribution < 1.29 is 39.4 Å². The van der Waals surface area contributed by atoms with Crippen molar-refractivity contribution in [2.75, 3.05) is 6.61 Å². The molecule has 0 radical (unpaired) electrons. The highest BCUT2D eigenvalue weighted by Crippen LogP contribution is 2.45. The van der Waals surface area contributed by atoms with E-state index in [1.807, 2.05) is 0 Å². The minimum absolute atomic E-state index is 0.146. The standard InChI is InChI=1S/C20H28Cl2O8/c1-6-9-11(15(25)13(22)16(26)12(9)21)18(27)29-17-8(2)28-19(30-20(3,4)5)10(7-23)14(17)24/h8,10,14,17,19,23-26H,6-7H2,1-5H3/t8-,10+,14-,17-,19+/m0/s1. The quantitative estimate of drug-likeness (QED) is 0.487. The highest BCUT2D eigenvalue weighted by molar-refractivity contribution is 6.39. The number of aliphatic hydroxyl groups excluding tert-OH is 2. The average molecular weight is 467 g/mol. The Morgan fingerprint density at radius 2 is 1.77 bits per heavy atom. The van der Waals surface area contributed by atoms with Crippen LogP contribution in [0.3, 0.4) is 0 Å². The van der Waals surface area contributed by atoms with Crippen LogP contribution in [0.5, 0.6) is 11.5 Å². The predicted molar refractivity (Wildman–Crippen MR) is 110 cm³/mol. The minimum Gasteiger partial charge on any atom is -0.505 e. The normalized spacial score (nSPS) is 27.2. The second kappa shape index (κ2) is 9.46. The molecule has 8 nitrogen and oxygen atoms in total. The lowest BCUT2D eigenvalue weighted by molar-refractivity contribution is -0.303. The third kappa shape index (κ3) is 4.95. The van der Waals surface area contributed by atoms with Gasteiger partial charge in [-0.05, 0) is 39.7 Å². The number of aromatic hydroxyl groups is 2. The molecule has 0 unspecified atom stereocenters. The van der Waals surface area contributed by atoms with Crippen LogP contribution in [-0.4, -0.2) is 63.2 Å². The van der Waals surface area contributed by atoms with Gasteiger partial charge < -0.3 is 34.6 Å². The van der Waals surface area contributed by atoms with Gasteiger partial charge in [0.25, 0.3) is 0 Å². The molecule has 0 amide bonds. The molecule has 1 fully saturated rings. The van der Waals surface area contributed by atoms with Crippen LogP contribution in [0.2, 0.25) is 10.0 Å². The Hall–Kier alpha value is -1.29. The fraction of sp³-hybridized carbons (Fsp3) is 0.650. The first-order chi connectivity index (χ1) is 13.8. The van der Waals surface area contributed by atoms with E-state index in [0.29, 0.717) is 0 Å². The first-order valence-electron chi connectivity index (χ1n) is 9.58. The van der Waals surface area contributed by atoms with Crippen LogP contribution in [0, 0.1) is 5.92 Å². The Bertz CT molecular complexity index is 792. The molecule has 0 aliphatic carbocycles. The van der Waals surface area contributed by atoms with Crippen molar-refractivity contribution in [1.82, 2.24) is 0 Å². The third-order valence-electron chi connectivity index (χ3n) is 4.84. The lowest BCUT2D eigenvalue weighted by Gasteiger charge is -2.44. The number of carbonyl (C=O) groups excluding carboxylic acids is 1. The maximum atomic E-state index is 12.9. The zero-order valence-corrected chi connectivity index (χ0v) is 19.0. The van der Waals surface area contributed by atoms with Crippen LogP contribution >= 0.6 is 23.2 Å². The zero-order valence-electron chi connectivity index (χ0n) is 17.5. The number of hydrogen-bond donors (Lipinski definition) is 4. The van der Waals surface area contributed by atoms with Crippen LogP contribution in [0.25, 0.3) is 0 Å². The molecular formula is C20H28Cl2O8. The molecule has 0 spiro atoms. The Morgan fingerprint density at radius 1 is 1.17 bits per heavy atom. The maximum Gasteiger partial charge on any atom is 0.342 e. The maximum absolute atomic E-state index is 12.9. The summed E-state index contributed by atoms with van der Waals surface area (Å²) in [6.45, 7) is 8.21. The van der Waals surface area contributed by atoms with E-state index in [1.54, 1.807) is 34.6 Å². The number of hydrogen-bond acceptors (Lipinski definition) is 8. The molecule has 0 aromatic heterocycles. The van der Waals surface area contributed by atoms with Crippen molar-refractivity contribution in [3.63, 3.8) is 0 Å². The molecule has 4 N–H and O–H groups in total. The monoisotopic (exact) mass is 466 g/mol. The molecule has 170 valence electrons. The highest BCUT2D eigenvalue weighted by atomic mass is 35.5. The molecule has 1 heterocycles. The van der Waals surface area contributed by atoms with Gasteiger partial charge in [0.15, 0.2) is 23.9 Å². The smallest absolute Gasteiger partial charge is 0.342 e. The Labute approximate surface area is 185 Å². The largest absolute Gasteiger partial charge is 0.505 e. The molecule has 0 saturated carbocycles. The fourth-order valence-electron chi connectivity index (χ4n) is 3.34. The van der Waals surface area contributed by atoms with E-state index >= 15 is 0 Å². The number of esters is 1. The molecule has 1 saturated heterocycles. The predicted octanol–water partition coefficient (Wildman–Crippen LogP) is 3.02. The van der Waals surface area contributed by atoms with Gasteiger partial charge in [-0.25, -0.2) is 4.79 Å². The van der Waals surface area contributed by atoms with Crippen molar-refractivity contribution in [2.24, 2.45) is 5.92 Å². The third-order valence-corrected chi connectivity index (χ3v) is 5.61. The van der Waals surface area contributed by atoms with E-state index in [0.717, 1.165) is 0 Å². The highest BCUT2D eigenvalue weighted by Gasteiger charge is 2.47. The van der Waals surface area contributed by atoms with Crippen LogP contribution in [-0.2, 0) is 20.6 Å². The van der Waals surface area contributed by atoms with Gasteiger partial charge in [-0.15, -0.1) is 0 Å². The lowest BCUT2D eigenvalue weighted by Crippen LogP contribution is -2.57. The van der Waals surface area contributed by atoms with Crippen LogP contribution in [0.15, 0.2) is 0 Å². The molecule has 0 bridgehead atoms. The van der Waals surface area contributed by atoms with Crippen LogP contribution in [0.1, 0.15) is 50.5 Å². The number of rotatable bonds is 5. The summed E-state index contributed by atoms with van der Waals surface area (Å²) in [7, 11) is 0. The summed E-state index contributed by atoms with van der Waals surface area (Å²) in [6.07, 6.45) is -3.96. The topological polar surface area (TPSA) is 126 Å². The number of benzene rings is 1. The summed E-state index contributed by atoms with van der Waals surface area (Å²) in [6, 6.07) is 0. The molecule has 30 heavy (non-hydrogen) atoms. The van der Waals surface area contributed by atoms with Crippen molar-refractivity contribution in [3.8, 4) is 11.5 Å². The van der Waals surface area contributed by atoms with E-state index in [1.165, 1.54) is 0 Å². The summed E-state index contributed by atoms with van der Waals surface area (Å²) in [5.74, 6) is -3.09. The minimum atomic E-state index is -1.30. The van der Waals surface area contributed by atoms with Crippen molar-refractivity contribution in [2.45, 2.75) is 71.2 Å². The first-order valence-corrected chi connectivity index (χ1v) is 10.3. The van der Waals surface area contributed by atoms with E-state index in [2.05, 4.69) is 0 Å². The molecule has 1 aromatic carbocycles. The summed E-state index contributed by atoms with van der Waals surface area (Å²) in [5, 5.41) is 40.1. The number of ether oxygens (including phenoxy) is 3. The number of phenols is 2. The van der Waals surface area contributed by atoms with Gasteiger partial charge in [0.05, 0.1) is 29.3 Å². The van der Waals surface area contributed by atoms with Crippen molar-refractivity contribution >= 4 is 29.2 Å². The number of carbonyl (C=O) groups is 1. The Balaban J connectivity index is 2.34. The number of halogens is 2. The van der Waals surface area contributed by atoms with Gasteiger partial charge in [-0.3, -0.25) is 0 Å². The van der Waals surface area contributed by atoms with Gasteiger partial charge in [0.1, 0.15) is 16.7 Å². The van der Waals surface area contributed by atoms with Gasteiger partial charge in [0, 0.05) is 0 Å². The second-order valence-electron chi connectivity index (χ2n) is 8.18. The zero-order chi connectivity index (χ0) is 23.0. The molecular weight excluding hydrogens is 439 g/mol. The van der Waals surface area contributed by atoms with Gasteiger partial charge in [0.2, 0.25) is 0 Å². The lowest BCUT2D eigenvalue weighted by atomic mass is 9.91. The van der Waals surface area contributed by atoms with Gasteiger partial charge >= 0.3 is 5.97 Å². The summed E-state index contributed by atoms with van der Waals surface area (Å²) >= 11 is 11.9. The van der Waals surface area contributed by atoms with E-state index in [-0.39, 0.29) is 22.6 Å². The first kappa shape index (κ1) is 25.0. The van der Waals surface area contributed by atoms with Crippen molar-refractivity contribution in [3.05, 3.63) is 21.2 Å². The Morgan fingerprint density at radius 3 is 2.27 bits per heavy atom. The van der Waals surface area contributed by atoms with Gasteiger partial charge in [-0.2, -0.15) is 0 Å². The molecule has 10 heteroatoms. The van der Waals surface area contributed by atoms with Gasteiger partial charge in [-0.1, -0.05) is 30.1 Å². The fourth-order valence-corrected chi connectivity index (χ4v) is 3.90. The van der Waals surface area contributed by atoms with Crippen LogP contribution in [0.4, 0.5) is 0 Å². The molecule has 5 atom stereocenters. The van der Waals surface area contributed by atoms with E-state index in [4.69, 9.17) is 37.4 Å². The SMILES string of the molecule is CCc1c(Cl)c(O)c(Cl)c(O)c1C(=O)O[C@@H]1[C@@H](O)[C@@H](CO)[C@@H](OC(C)(C)C)O[C@H]1C. The number of phenolic OH excluding ortho intramolecular Hbond substituents is 2. The molecule has 1 aliphatic rings. The number of aliphatic hydroxyl groups is 2. The summed E-state index contributed by atoms with van der Waals surface area (Å²) in [5.41, 5.74) is -0.756. The summed E-state index contributed by atoms with van der Waals surface area (Å²) < 4.78 is 17.0. The molecule has 2 rings (SSSR count). The summed E-state index contributed by atoms with van der Waals surface area (Å²) in [4.78, 5) is 12.9. The Kier molecular flexibility index (Phi) is 7.88. The molecule has 1 aromatic rings. The average Bonchev–Trinajstić information content (AvgIpc) is 2.64. The van der Waals surface area contributed by atoms with E-state index in [9.17, 15) is 25.2 Å². The second-order valence-corrected chi connectivity index (χ2v) is 8.93. The van der Waals surface area contributed by atoms with E-state index < -0.39 is 65.2 Å².